The SMILES string of the molecule is CCC#Cc1ccc2c(Nc3ccc(F)c(Cl)c3)nc(-c3cccnc3)nc2c1. The zero-order valence-electron chi connectivity index (χ0n) is 15.6. The number of anilines is 2. The molecule has 0 bridgehead atoms. The predicted octanol–water partition coefficient (Wildman–Crippen LogP) is 5.99. The first-order valence-electron chi connectivity index (χ1n) is 9.07. The highest BCUT2D eigenvalue weighted by molar-refractivity contribution is 6.31. The fourth-order valence-corrected chi connectivity index (χ4v) is 3.01. The summed E-state index contributed by atoms with van der Waals surface area (Å²) >= 11 is 5.92. The Morgan fingerprint density at radius 2 is 2.00 bits per heavy atom. The van der Waals surface area contributed by atoms with Gasteiger partial charge in [-0.05, 0) is 48.5 Å². The maximum Gasteiger partial charge on any atom is 0.163 e. The zero-order chi connectivity index (χ0) is 20.2. The summed E-state index contributed by atoms with van der Waals surface area (Å²) in [6.07, 6.45) is 4.18. The Morgan fingerprint density at radius 3 is 2.76 bits per heavy atom. The topological polar surface area (TPSA) is 50.7 Å². The molecule has 2 aromatic heterocycles. The lowest BCUT2D eigenvalue weighted by molar-refractivity contribution is 0.628. The van der Waals surface area contributed by atoms with Gasteiger partial charge in [0.2, 0.25) is 0 Å². The number of halogens is 2. The Balaban J connectivity index is 1.87. The standard InChI is InChI=1S/C23H16ClFN4/c1-2-3-5-15-7-9-18-21(12-15)28-22(16-6-4-11-26-14-16)29-23(18)27-17-8-10-20(25)19(24)13-17/h4,6-14H,2H2,1H3,(H,27,28,29). The summed E-state index contributed by atoms with van der Waals surface area (Å²) in [7, 11) is 0. The predicted molar refractivity (Wildman–Crippen MR) is 115 cm³/mol. The largest absolute Gasteiger partial charge is 0.340 e. The third-order valence-electron chi connectivity index (χ3n) is 4.21. The number of pyridine rings is 1. The van der Waals surface area contributed by atoms with Crippen molar-refractivity contribution < 1.29 is 4.39 Å². The van der Waals surface area contributed by atoms with Crippen molar-refractivity contribution in [2.45, 2.75) is 13.3 Å². The molecule has 0 saturated heterocycles. The molecule has 0 spiro atoms. The smallest absolute Gasteiger partial charge is 0.163 e. The molecular weight excluding hydrogens is 387 g/mol. The molecule has 2 aromatic carbocycles. The minimum atomic E-state index is -0.472. The Hall–Kier alpha value is -3.49. The quantitative estimate of drug-likeness (QED) is 0.427. The van der Waals surface area contributed by atoms with Gasteiger partial charge < -0.3 is 5.32 Å². The van der Waals surface area contributed by atoms with Crippen LogP contribution >= 0.6 is 11.6 Å². The van der Waals surface area contributed by atoms with E-state index in [1.54, 1.807) is 18.5 Å². The summed E-state index contributed by atoms with van der Waals surface area (Å²) in [4.78, 5) is 13.5. The van der Waals surface area contributed by atoms with E-state index in [-0.39, 0.29) is 5.02 Å². The van der Waals surface area contributed by atoms with Gasteiger partial charge in [-0.2, -0.15) is 0 Å². The maximum atomic E-state index is 13.5. The summed E-state index contributed by atoms with van der Waals surface area (Å²) in [6, 6.07) is 14.0. The van der Waals surface area contributed by atoms with E-state index in [0.29, 0.717) is 17.3 Å². The van der Waals surface area contributed by atoms with E-state index in [0.717, 1.165) is 28.5 Å². The second kappa shape index (κ2) is 8.26. The van der Waals surface area contributed by atoms with E-state index in [2.05, 4.69) is 27.1 Å². The van der Waals surface area contributed by atoms with Gasteiger partial charge in [-0.3, -0.25) is 4.98 Å². The first kappa shape index (κ1) is 18.9. The number of nitrogens with zero attached hydrogens (tertiary/aromatic N) is 3. The first-order chi connectivity index (χ1) is 14.1. The van der Waals surface area contributed by atoms with Crippen LogP contribution in [-0.4, -0.2) is 15.0 Å². The number of rotatable bonds is 3. The molecule has 29 heavy (non-hydrogen) atoms. The van der Waals surface area contributed by atoms with Crippen LogP contribution < -0.4 is 5.32 Å². The second-order valence-corrected chi connectivity index (χ2v) is 6.69. The Labute approximate surface area is 172 Å². The van der Waals surface area contributed by atoms with Crippen molar-refractivity contribution >= 4 is 34.0 Å². The van der Waals surface area contributed by atoms with E-state index >= 15 is 0 Å². The van der Waals surface area contributed by atoms with Gasteiger partial charge in [-0.15, -0.1) is 0 Å². The van der Waals surface area contributed by atoms with E-state index in [1.807, 2.05) is 37.3 Å². The maximum absolute atomic E-state index is 13.5. The van der Waals surface area contributed by atoms with Crippen LogP contribution in [0, 0.1) is 17.7 Å². The molecule has 0 fully saturated rings. The van der Waals surface area contributed by atoms with Gasteiger partial charge in [-0.1, -0.05) is 30.4 Å². The van der Waals surface area contributed by atoms with Gasteiger partial charge >= 0.3 is 0 Å². The number of benzene rings is 2. The van der Waals surface area contributed by atoms with Crippen LogP contribution in [0.3, 0.4) is 0 Å². The highest BCUT2D eigenvalue weighted by atomic mass is 35.5. The van der Waals surface area contributed by atoms with E-state index in [9.17, 15) is 4.39 Å². The lowest BCUT2D eigenvalue weighted by Gasteiger charge is -2.12. The van der Waals surface area contributed by atoms with E-state index < -0.39 is 5.82 Å². The molecule has 0 aliphatic heterocycles. The zero-order valence-corrected chi connectivity index (χ0v) is 16.3. The third kappa shape index (κ3) is 4.18. The normalized spacial score (nSPS) is 10.4. The van der Waals surface area contributed by atoms with Crippen LogP contribution in [0.5, 0.6) is 0 Å². The molecule has 0 radical (unpaired) electrons. The second-order valence-electron chi connectivity index (χ2n) is 6.28. The van der Waals surface area contributed by atoms with Gasteiger partial charge in [0.25, 0.3) is 0 Å². The van der Waals surface area contributed by atoms with Crippen LogP contribution in [0.4, 0.5) is 15.9 Å². The van der Waals surface area contributed by atoms with Crippen molar-refractivity contribution in [1.29, 1.82) is 0 Å². The Bertz CT molecular complexity index is 1250. The Kier molecular flexibility index (Phi) is 5.37. The molecule has 6 heteroatoms. The van der Waals surface area contributed by atoms with Crippen molar-refractivity contribution in [2.24, 2.45) is 0 Å². The molecule has 1 N–H and O–H groups in total. The van der Waals surface area contributed by atoms with Gasteiger partial charge in [0.15, 0.2) is 5.82 Å². The number of nitrogens with one attached hydrogen (secondary N) is 1. The molecule has 0 unspecified atom stereocenters. The number of fused-ring (bicyclic) bond motifs is 1. The van der Waals surface area contributed by atoms with Crippen LogP contribution in [-0.2, 0) is 0 Å². The van der Waals surface area contributed by atoms with Crippen molar-refractivity contribution in [3.05, 3.63) is 77.3 Å². The molecule has 4 rings (SSSR count). The molecule has 0 aliphatic rings. The molecule has 142 valence electrons. The minimum absolute atomic E-state index is 0.0398. The highest BCUT2D eigenvalue weighted by Gasteiger charge is 2.11. The van der Waals surface area contributed by atoms with Crippen molar-refractivity contribution in [2.75, 3.05) is 5.32 Å². The van der Waals surface area contributed by atoms with Crippen LogP contribution in [0.15, 0.2) is 60.9 Å². The van der Waals surface area contributed by atoms with Crippen LogP contribution in [0.2, 0.25) is 5.02 Å². The van der Waals surface area contributed by atoms with Crippen LogP contribution in [0.1, 0.15) is 18.9 Å². The van der Waals surface area contributed by atoms with E-state index in [1.165, 1.54) is 12.1 Å². The average molecular weight is 403 g/mol. The summed E-state index contributed by atoms with van der Waals surface area (Å²) < 4.78 is 13.5. The van der Waals surface area contributed by atoms with Crippen molar-refractivity contribution in [3.8, 4) is 23.2 Å². The molecule has 4 nitrogen and oxygen atoms in total. The van der Waals surface area contributed by atoms with Crippen LogP contribution in [0.25, 0.3) is 22.3 Å². The Morgan fingerprint density at radius 1 is 1.10 bits per heavy atom. The van der Waals surface area contributed by atoms with Gasteiger partial charge in [-0.25, -0.2) is 14.4 Å². The molecule has 0 atom stereocenters. The lowest BCUT2D eigenvalue weighted by Crippen LogP contribution is -2.00. The summed E-state index contributed by atoms with van der Waals surface area (Å²) in [5, 5.41) is 4.09. The van der Waals surface area contributed by atoms with Gasteiger partial charge in [0.1, 0.15) is 11.6 Å². The van der Waals surface area contributed by atoms with Gasteiger partial charge in [0.05, 0.1) is 10.5 Å². The summed E-state index contributed by atoms with van der Waals surface area (Å²) in [5.74, 6) is 6.85. The molecule has 4 aromatic rings. The van der Waals surface area contributed by atoms with Crippen molar-refractivity contribution in [3.63, 3.8) is 0 Å². The monoisotopic (exact) mass is 402 g/mol. The molecule has 0 amide bonds. The number of hydrogen-bond acceptors (Lipinski definition) is 4. The average Bonchev–Trinajstić information content (AvgIpc) is 2.75. The van der Waals surface area contributed by atoms with Crippen molar-refractivity contribution in [1.82, 2.24) is 15.0 Å². The minimum Gasteiger partial charge on any atom is -0.340 e. The van der Waals surface area contributed by atoms with E-state index in [4.69, 9.17) is 16.6 Å². The first-order valence-corrected chi connectivity index (χ1v) is 9.45. The fraction of sp³-hybridized carbons (Fsp3) is 0.0870. The lowest BCUT2D eigenvalue weighted by atomic mass is 10.1. The fourth-order valence-electron chi connectivity index (χ4n) is 2.83. The summed E-state index contributed by atoms with van der Waals surface area (Å²) in [5.41, 5.74) is 3.05. The molecule has 0 aliphatic carbocycles. The molecule has 2 heterocycles. The molecular formula is C23H16ClFN4. The number of hydrogen-bond donors (Lipinski definition) is 1. The molecule has 0 saturated carbocycles. The third-order valence-corrected chi connectivity index (χ3v) is 4.50. The van der Waals surface area contributed by atoms with Gasteiger partial charge in [0, 0.05) is 41.0 Å². The number of aromatic nitrogens is 3. The highest BCUT2D eigenvalue weighted by Crippen LogP contribution is 2.29. The summed E-state index contributed by atoms with van der Waals surface area (Å²) in [6.45, 7) is 2.01.